The summed E-state index contributed by atoms with van der Waals surface area (Å²) in [7, 11) is 2.16. The highest BCUT2D eigenvalue weighted by Crippen LogP contribution is 2.37. The Morgan fingerprint density at radius 1 is 0.939 bits per heavy atom. The largest absolute Gasteiger partial charge is 0.282 e. The van der Waals surface area contributed by atoms with Gasteiger partial charge in [-0.1, -0.05) is 68.4 Å². The lowest BCUT2D eigenvalue weighted by Crippen LogP contribution is -2.30. The van der Waals surface area contributed by atoms with Gasteiger partial charge in [-0.2, -0.15) is 4.57 Å². The van der Waals surface area contributed by atoms with Crippen LogP contribution in [0.4, 0.5) is 0 Å². The average Bonchev–Trinajstić information content (AvgIpc) is 3.38. The number of aromatic nitrogens is 3. The summed E-state index contributed by atoms with van der Waals surface area (Å²) in [5.74, 6) is 1.45. The van der Waals surface area contributed by atoms with E-state index in [1.165, 1.54) is 48.2 Å². The Kier molecular flexibility index (Phi) is 4.59. The standard InChI is InChI=1S/C29H26N3S/c1-18(2)23-14-24(19(3)21-12-8-9-13-22(21)23)25-15-26-27(17-31(25)4)33-28-16-30-29(32(26)28)20-10-6-5-7-11-20/h5-18H,1-4H3/q+1. The third-order valence-electron chi connectivity index (χ3n) is 6.68. The molecule has 0 fully saturated rings. The van der Waals surface area contributed by atoms with Crippen LogP contribution < -0.4 is 4.57 Å². The van der Waals surface area contributed by atoms with Crippen molar-refractivity contribution in [1.82, 2.24) is 9.38 Å². The number of hydrogen-bond acceptors (Lipinski definition) is 2. The Labute approximate surface area is 197 Å². The van der Waals surface area contributed by atoms with Gasteiger partial charge in [-0.25, -0.2) is 4.98 Å². The van der Waals surface area contributed by atoms with E-state index in [1.807, 2.05) is 12.3 Å². The van der Waals surface area contributed by atoms with Crippen molar-refractivity contribution >= 4 is 37.2 Å². The number of benzene rings is 3. The predicted molar refractivity (Wildman–Crippen MR) is 139 cm³/mol. The van der Waals surface area contributed by atoms with Crippen LogP contribution in [0.25, 0.3) is 48.5 Å². The lowest BCUT2D eigenvalue weighted by atomic mass is 9.89. The molecule has 3 aromatic heterocycles. The summed E-state index contributed by atoms with van der Waals surface area (Å²) in [5.41, 5.74) is 7.58. The molecule has 3 nitrogen and oxygen atoms in total. The SMILES string of the molecule is Cc1c(-c2cc3c(c[n+]2C)sc2cnc(-c4ccccc4)n23)cc(C(C)C)c2ccccc12. The molecule has 0 aliphatic heterocycles. The number of hydrogen-bond donors (Lipinski definition) is 0. The van der Waals surface area contributed by atoms with Crippen LogP contribution in [0.5, 0.6) is 0 Å². The van der Waals surface area contributed by atoms with Gasteiger partial charge in [0, 0.05) is 11.6 Å². The molecule has 162 valence electrons. The van der Waals surface area contributed by atoms with Crippen molar-refractivity contribution < 1.29 is 4.57 Å². The van der Waals surface area contributed by atoms with Crippen LogP contribution in [-0.2, 0) is 7.05 Å². The monoisotopic (exact) mass is 448 g/mol. The Balaban J connectivity index is 1.66. The molecular formula is C29H26N3S+. The van der Waals surface area contributed by atoms with E-state index in [2.05, 4.69) is 104 Å². The van der Waals surface area contributed by atoms with Crippen LogP contribution in [0.1, 0.15) is 30.9 Å². The minimum absolute atomic E-state index is 0.453. The first-order valence-corrected chi connectivity index (χ1v) is 12.2. The molecule has 0 radical (unpaired) electrons. The second-order valence-corrected chi connectivity index (χ2v) is 10.1. The molecule has 0 aliphatic carbocycles. The number of fused-ring (bicyclic) bond motifs is 4. The highest BCUT2D eigenvalue weighted by molar-refractivity contribution is 7.23. The fourth-order valence-electron chi connectivity index (χ4n) is 4.97. The van der Waals surface area contributed by atoms with E-state index in [4.69, 9.17) is 4.98 Å². The number of nitrogens with zero attached hydrogens (tertiary/aromatic N) is 3. The molecule has 0 spiro atoms. The van der Waals surface area contributed by atoms with Crippen molar-refractivity contribution in [1.29, 1.82) is 0 Å². The quantitative estimate of drug-likeness (QED) is 0.260. The zero-order valence-corrected chi connectivity index (χ0v) is 20.1. The molecule has 0 amide bonds. The summed E-state index contributed by atoms with van der Waals surface area (Å²) in [5, 5.41) is 2.69. The summed E-state index contributed by atoms with van der Waals surface area (Å²) >= 11 is 1.79. The maximum Gasteiger partial charge on any atom is 0.214 e. The van der Waals surface area contributed by atoms with Gasteiger partial charge in [-0.3, -0.25) is 4.40 Å². The van der Waals surface area contributed by atoms with Crippen LogP contribution in [0, 0.1) is 6.92 Å². The van der Waals surface area contributed by atoms with Gasteiger partial charge in [-0.05, 0) is 40.8 Å². The summed E-state index contributed by atoms with van der Waals surface area (Å²) in [6.45, 7) is 6.82. The molecule has 6 aromatic rings. The summed E-state index contributed by atoms with van der Waals surface area (Å²) < 4.78 is 5.84. The lowest BCUT2D eigenvalue weighted by Gasteiger charge is -2.16. The van der Waals surface area contributed by atoms with Crippen molar-refractivity contribution in [3.05, 3.63) is 90.3 Å². The van der Waals surface area contributed by atoms with E-state index in [0.29, 0.717) is 5.92 Å². The zero-order chi connectivity index (χ0) is 22.7. The summed E-state index contributed by atoms with van der Waals surface area (Å²) in [6, 6.07) is 24.0. The van der Waals surface area contributed by atoms with Crippen LogP contribution in [0.15, 0.2) is 79.1 Å². The normalized spacial score (nSPS) is 11.9. The van der Waals surface area contributed by atoms with Gasteiger partial charge >= 0.3 is 0 Å². The van der Waals surface area contributed by atoms with E-state index in [1.54, 1.807) is 11.3 Å². The van der Waals surface area contributed by atoms with Crippen LogP contribution in [0.3, 0.4) is 0 Å². The number of rotatable bonds is 3. The lowest BCUT2D eigenvalue weighted by molar-refractivity contribution is -0.659. The van der Waals surface area contributed by atoms with Gasteiger partial charge in [-0.15, -0.1) is 11.3 Å². The third kappa shape index (κ3) is 3.09. The fourth-order valence-corrected chi connectivity index (χ4v) is 6.04. The van der Waals surface area contributed by atoms with Crippen LogP contribution in [0.2, 0.25) is 0 Å². The molecule has 0 atom stereocenters. The smallest absolute Gasteiger partial charge is 0.214 e. The molecule has 3 heterocycles. The highest BCUT2D eigenvalue weighted by Gasteiger charge is 2.22. The molecule has 3 aromatic carbocycles. The molecule has 6 rings (SSSR count). The van der Waals surface area contributed by atoms with Crippen molar-refractivity contribution in [3.8, 4) is 22.6 Å². The number of thiazole rings is 1. The van der Waals surface area contributed by atoms with Crippen LogP contribution in [-0.4, -0.2) is 9.38 Å². The van der Waals surface area contributed by atoms with Crippen molar-refractivity contribution in [2.24, 2.45) is 7.05 Å². The van der Waals surface area contributed by atoms with Gasteiger partial charge in [0.25, 0.3) is 0 Å². The highest BCUT2D eigenvalue weighted by atomic mass is 32.1. The zero-order valence-electron chi connectivity index (χ0n) is 19.3. The van der Waals surface area contributed by atoms with Gasteiger partial charge < -0.3 is 0 Å². The summed E-state index contributed by atoms with van der Waals surface area (Å²) in [4.78, 5) is 5.93. The first kappa shape index (κ1) is 20.1. The minimum Gasteiger partial charge on any atom is -0.282 e. The molecule has 0 saturated heterocycles. The second kappa shape index (κ2) is 7.53. The Morgan fingerprint density at radius 3 is 2.42 bits per heavy atom. The van der Waals surface area contributed by atoms with Gasteiger partial charge in [0.2, 0.25) is 5.69 Å². The maximum absolute atomic E-state index is 4.76. The molecule has 0 unspecified atom stereocenters. The van der Waals surface area contributed by atoms with Gasteiger partial charge in [0.15, 0.2) is 6.20 Å². The Hall–Kier alpha value is -3.50. The molecule has 0 N–H and O–H groups in total. The predicted octanol–water partition coefficient (Wildman–Crippen LogP) is 7.29. The van der Waals surface area contributed by atoms with E-state index < -0.39 is 0 Å². The number of pyridine rings is 1. The maximum atomic E-state index is 4.76. The van der Waals surface area contributed by atoms with Crippen molar-refractivity contribution in [3.63, 3.8) is 0 Å². The molecule has 0 saturated carbocycles. The average molecular weight is 449 g/mol. The molecule has 0 bridgehead atoms. The first-order chi connectivity index (χ1) is 16.0. The topological polar surface area (TPSA) is 21.2 Å². The first-order valence-electron chi connectivity index (χ1n) is 11.4. The van der Waals surface area contributed by atoms with E-state index in [-0.39, 0.29) is 0 Å². The van der Waals surface area contributed by atoms with E-state index in [9.17, 15) is 0 Å². The Morgan fingerprint density at radius 2 is 1.67 bits per heavy atom. The number of aryl methyl sites for hydroxylation is 2. The molecule has 4 heteroatoms. The van der Waals surface area contributed by atoms with Crippen molar-refractivity contribution in [2.75, 3.05) is 0 Å². The minimum atomic E-state index is 0.453. The van der Waals surface area contributed by atoms with E-state index in [0.717, 1.165) is 11.4 Å². The number of imidazole rings is 1. The van der Waals surface area contributed by atoms with Crippen molar-refractivity contribution in [2.45, 2.75) is 26.7 Å². The molecule has 0 aliphatic rings. The van der Waals surface area contributed by atoms with E-state index >= 15 is 0 Å². The second-order valence-electron chi connectivity index (χ2n) is 9.08. The fraction of sp³-hybridized carbons (Fsp3) is 0.172. The molecular weight excluding hydrogens is 422 g/mol. The van der Waals surface area contributed by atoms with Crippen LogP contribution >= 0.6 is 11.3 Å². The summed E-state index contributed by atoms with van der Waals surface area (Å²) in [6.07, 6.45) is 4.26. The Bertz CT molecular complexity index is 1660. The third-order valence-corrected chi connectivity index (χ3v) is 7.71. The van der Waals surface area contributed by atoms with Gasteiger partial charge in [0.05, 0.1) is 17.3 Å². The van der Waals surface area contributed by atoms with Gasteiger partial charge in [0.1, 0.15) is 22.4 Å². The molecule has 33 heavy (non-hydrogen) atoms.